The molecule has 2 N–H and O–H groups in total. The average molecular weight is 259 g/mol. The second kappa shape index (κ2) is 7.07. The molecule has 5 heteroatoms. The largest absolute Gasteiger partial charge is 0.345 e. The minimum atomic E-state index is -0.214. The van der Waals surface area contributed by atoms with Crippen LogP contribution in [0.15, 0.2) is 24.3 Å². The number of benzene rings is 1. The molecule has 1 aromatic carbocycles. The molecule has 19 heavy (non-hydrogen) atoms. The quantitative estimate of drug-likeness (QED) is 0.795. The summed E-state index contributed by atoms with van der Waals surface area (Å²) >= 11 is 0. The Labute approximate surface area is 113 Å². The van der Waals surface area contributed by atoms with E-state index in [1.54, 1.807) is 32.3 Å². The molecule has 1 aromatic rings. The molecule has 0 heterocycles. The van der Waals surface area contributed by atoms with Gasteiger partial charge < -0.3 is 15.5 Å². The van der Waals surface area contributed by atoms with Crippen LogP contribution in [0.25, 0.3) is 0 Å². The molecule has 0 aromatic heterocycles. The highest BCUT2D eigenvalue weighted by Crippen LogP contribution is 2.11. The lowest BCUT2D eigenvalue weighted by Gasteiger charge is -2.12. The zero-order chi connectivity index (χ0) is 14.3. The molecule has 1 rings (SSSR count). The molecule has 0 saturated carbocycles. The van der Waals surface area contributed by atoms with E-state index in [2.05, 4.69) is 16.6 Å². The van der Waals surface area contributed by atoms with Gasteiger partial charge in [0.2, 0.25) is 5.91 Å². The summed E-state index contributed by atoms with van der Waals surface area (Å²) < 4.78 is 0. The maximum atomic E-state index is 11.5. The Hall–Kier alpha value is -2.48. The second-order valence-electron chi connectivity index (χ2n) is 4.18. The zero-order valence-electron chi connectivity index (χ0n) is 11.1. The highest BCUT2D eigenvalue weighted by atomic mass is 16.2. The first-order chi connectivity index (χ1) is 9.02. The van der Waals surface area contributed by atoms with Gasteiger partial charge in [0.15, 0.2) is 0 Å². The molecule has 5 nitrogen and oxygen atoms in total. The number of terminal acetylenes is 1. The molecule has 0 radical (unpaired) electrons. The van der Waals surface area contributed by atoms with Crippen molar-refractivity contribution in [2.45, 2.75) is 6.42 Å². The minimum absolute atomic E-state index is 0.144. The van der Waals surface area contributed by atoms with Gasteiger partial charge in [0.05, 0.1) is 13.0 Å². The summed E-state index contributed by atoms with van der Waals surface area (Å²) in [5.74, 6) is 2.20. The van der Waals surface area contributed by atoms with Crippen molar-refractivity contribution in [2.24, 2.45) is 0 Å². The van der Waals surface area contributed by atoms with Crippen LogP contribution in [0.5, 0.6) is 0 Å². The lowest BCUT2D eigenvalue weighted by atomic mass is 10.1. The summed E-state index contributed by atoms with van der Waals surface area (Å²) in [4.78, 5) is 24.4. The van der Waals surface area contributed by atoms with E-state index in [0.717, 1.165) is 5.56 Å². The number of anilines is 1. The predicted octanol–water partition coefficient (Wildman–Crippen LogP) is 1.07. The van der Waals surface area contributed by atoms with Crippen LogP contribution in [0.4, 0.5) is 10.5 Å². The van der Waals surface area contributed by atoms with Crippen molar-refractivity contribution in [2.75, 3.05) is 26.0 Å². The number of hydrogen-bond acceptors (Lipinski definition) is 2. The summed E-state index contributed by atoms with van der Waals surface area (Å²) in [5, 5.41) is 5.31. The number of nitrogens with one attached hydrogen (secondary N) is 2. The summed E-state index contributed by atoms with van der Waals surface area (Å²) in [6, 6.07) is 6.92. The number of carbonyl (C=O) groups excluding carboxylic acids is 2. The van der Waals surface area contributed by atoms with Crippen molar-refractivity contribution < 1.29 is 9.59 Å². The normalized spacial score (nSPS) is 9.32. The maximum Gasteiger partial charge on any atom is 0.321 e. The third-order valence-electron chi connectivity index (χ3n) is 2.34. The fourth-order valence-corrected chi connectivity index (χ4v) is 1.39. The summed E-state index contributed by atoms with van der Waals surface area (Å²) in [7, 11) is 3.32. The van der Waals surface area contributed by atoms with Crippen molar-refractivity contribution in [3.8, 4) is 12.3 Å². The van der Waals surface area contributed by atoms with E-state index >= 15 is 0 Å². The van der Waals surface area contributed by atoms with Gasteiger partial charge >= 0.3 is 6.03 Å². The van der Waals surface area contributed by atoms with Gasteiger partial charge in [0.25, 0.3) is 0 Å². The molecule has 0 atom stereocenters. The van der Waals surface area contributed by atoms with Crippen LogP contribution in [-0.2, 0) is 11.2 Å². The van der Waals surface area contributed by atoms with Crippen molar-refractivity contribution in [3.05, 3.63) is 29.8 Å². The molecule has 0 aliphatic rings. The number of rotatable bonds is 4. The lowest BCUT2D eigenvalue weighted by Crippen LogP contribution is -2.27. The highest BCUT2D eigenvalue weighted by molar-refractivity contribution is 5.89. The number of urea groups is 1. The third kappa shape index (κ3) is 5.13. The monoisotopic (exact) mass is 259 g/mol. The fourth-order valence-electron chi connectivity index (χ4n) is 1.39. The minimum Gasteiger partial charge on any atom is -0.345 e. The van der Waals surface area contributed by atoms with Crippen LogP contribution in [-0.4, -0.2) is 37.5 Å². The number of nitrogens with zero attached hydrogens (tertiary/aromatic N) is 1. The first-order valence-electron chi connectivity index (χ1n) is 5.80. The van der Waals surface area contributed by atoms with E-state index in [0.29, 0.717) is 5.69 Å². The van der Waals surface area contributed by atoms with Crippen molar-refractivity contribution in [1.82, 2.24) is 10.2 Å². The van der Waals surface area contributed by atoms with Gasteiger partial charge in [0.1, 0.15) is 0 Å². The molecule has 3 amide bonds. The molecular weight excluding hydrogens is 242 g/mol. The predicted molar refractivity (Wildman–Crippen MR) is 74.7 cm³/mol. The van der Waals surface area contributed by atoms with Gasteiger partial charge in [-0.1, -0.05) is 18.1 Å². The van der Waals surface area contributed by atoms with Crippen LogP contribution in [0, 0.1) is 12.3 Å². The third-order valence-corrected chi connectivity index (χ3v) is 2.34. The molecule has 0 saturated heterocycles. The average Bonchev–Trinajstić information content (AvgIpc) is 2.36. The van der Waals surface area contributed by atoms with Crippen molar-refractivity contribution in [1.29, 1.82) is 0 Å². The molecule has 0 aliphatic carbocycles. The number of amides is 3. The molecule has 0 bridgehead atoms. The van der Waals surface area contributed by atoms with E-state index < -0.39 is 0 Å². The Morgan fingerprint density at radius 3 is 2.74 bits per heavy atom. The lowest BCUT2D eigenvalue weighted by molar-refractivity contribution is -0.120. The topological polar surface area (TPSA) is 61.4 Å². The van der Waals surface area contributed by atoms with Crippen LogP contribution >= 0.6 is 0 Å². The Kier molecular flexibility index (Phi) is 5.42. The van der Waals surface area contributed by atoms with Crippen LogP contribution in [0.1, 0.15) is 5.56 Å². The summed E-state index contributed by atoms with van der Waals surface area (Å²) in [6.07, 6.45) is 5.29. The summed E-state index contributed by atoms with van der Waals surface area (Å²) in [6.45, 7) is 0.218. The Balaban J connectivity index is 2.64. The molecule has 0 fully saturated rings. The Morgan fingerprint density at radius 1 is 1.37 bits per heavy atom. The van der Waals surface area contributed by atoms with Crippen LogP contribution in [0.2, 0.25) is 0 Å². The SMILES string of the molecule is C#CCNC(=O)Cc1cccc(NC(=O)N(C)C)c1. The van der Waals surface area contributed by atoms with Gasteiger partial charge in [0, 0.05) is 19.8 Å². The van der Waals surface area contributed by atoms with Gasteiger partial charge in [-0.2, -0.15) is 0 Å². The van der Waals surface area contributed by atoms with Gasteiger partial charge in [-0.25, -0.2) is 4.79 Å². The molecule has 0 unspecified atom stereocenters. The summed E-state index contributed by atoms with van der Waals surface area (Å²) in [5.41, 5.74) is 1.46. The van der Waals surface area contributed by atoms with E-state index in [1.807, 2.05) is 6.07 Å². The number of carbonyl (C=O) groups is 2. The van der Waals surface area contributed by atoms with Crippen LogP contribution in [0.3, 0.4) is 0 Å². The fraction of sp³-hybridized carbons (Fsp3) is 0.286. The molecular formula is C14H17N3O2. The van der Waals surface area contributed by atoms with E-state index in [-0.39, 0.29) is 24.9 Å². The van der Waals surface area contributed by atoms with Crippen molar-refractivity contribution in [3.63, 3.8) is 0 Å². The highest BCUT2D eigenvalue weighted by Gasteiger charge is 2.06. The Bertz CT molecular complexity index is 504. The molecule has 0 spiro atoms. The standard InChI is InChI=1S/C14H17N3O2/c1-4-8-15-13(18)10-11-6-5-7-12(9-11)16-14(19)17(2)3/h1,5-7,9H,8,10H2,2-3H3,(H,15,18)(H,16,19). The molecule has 100 valence electrons. The molecule has 0 aliphatic heterocycles. The van der Waals surface area contributed by atoms with Crippen LogP contribution < -0.4 is 10.6 Å². The van der Waals surface area contributed by atoms with E-state index in [4.69, 9.17) is 6.42 Å². The van der Waals surface area contributed by atoms with E-state index in [1.165, 1.54) is 4.90 Å². The van der Waals surface area contributed by atoms with Gasteiger partial charge in [-0.05, 0) is 17.7 Å². The van der Waals surface area contributed by atoms with Crippen molar-refractivity contribution >= 4 is 17.6 Å². The maximum absolute atomic E-state index is 11.5. The van der Waals surface area contributed by atoms with Gasteiger partial charge in [-0.3, -0.25) is 4.79 Å². The number of hydrogen-bond donors (Lipinski definition) is 2. The van der Waals surface area contributed by atoms with E-state index in [9.17, 15) is 9.59 Å². The van der Waals surface area contributed by atoms with Gasteiger partial charge in [-0.15, -0.1) is 6.42 Å². The second-order valence-corrected chi connectivity index (χ2v) is 4.18. The zero-order valence-corrected chi connectivity index (χ0v) is 11.1. The Morgan fingerprint density at radius 2 is 2.11 bits per heavy atom. The first kappa shape index (κ1) is 14.6. The smallest absolute Gasteiger partial charge is 0.321 e. The first-order valence-corrected chi connectivity index (χ1v) is 5.80.